The van der Waals surface area contributed by atoms with Gasteiger partial charge in [0.15, 0.2) is 0 Å². The molecule has 2 rings (SSSR count). The van der Waals surface area contributed by atoms with Crippen molar-refractivity contribution in [3.05, 3.63) is 48.3 Å². The van der Waals surface area contributed by atoms with Gasteiger partial charge in [0.05, 0.1) is 6.61 Å². The largest absolute Gasteiger partial charge is 0.424 e. The first-order valence-electron chi connectivity index (χ1n) is 6.70. The Morgan fingerprint density at radius 2 is 2.00 bits per heavy atom. The lowest BCUT2D eigenvalue weighted by atomic mass is 10.2. The molecular weight excluding hydrogens is 290 g/mol. The molecule has 0 fully saturated rings. The van der Waals surface area contributed by atoms with Crippen molar-refractivity contribution in [2.24, 2.45) is 0 Å². The molecule has 0 saturated heterocycles. The molecule has 1 unspecified atom stereocenters. The van der Waals surface area contributed by atoms with Crippen LogP contribution in [0.3, 0.4) is 0 Å². The first-order valence-corrected chi connectivity index (χ1v) is 6.70. The minimum atomic E-state index is 0. The molecule has 1 aromatic heterocycles. The van der Waals surface area contributed by atoms with Crippen LogP contribution < -0.4 is 10.1 Å². The zero-order valence-corrected chi connectivity index (χ0v) is 12.7. The number of hydrogen-bond donors (Lipinski definition) is 2. The molecule has 0 aliphatic heterocycles. The summed E-state index contributed by atoms with van der Waals surface area (Å²) in [6.07, 6.45) is 4.17. The van der Waals surface area contributed by atoms with Crippen LogP contribution in [0.1, 0.15) is 18.9 Å². The van der Waals surface area contributed by atoms with Gasteiger partial charge in [0.25, 0.3) is 0 Å². The fourth-order valence-electron chi connectivity index (χ4n) is 1.76. The van der Waals surface area contributed by atoms with Crippen molar-refractivity contribution in [2.45, 2.75) is 25.9 Å². The summed E-state index contributed by atoms with van der Waals surface area (Å²) in [4.78, 5) is 8.04. The van der Waals surface area contributed by atoms with E-state index in [0.717, 1.165) is 12.0 Å². The number of aromatic nitrogens is 2. The fourth-order valence-corrected chi connectivity index (χ4v) is 1.76. The Morgan fingerprint density at radius 3 is 2.67 bits per heavy atom. The Morgan fingerprint density at radius 1 is 1.24 bits per heavy atom. The molecule has 2 aromatic rings. The van der Waals surface area contributed by atoms with Crippen LogP contribution in [0.4, 0.5) is 0 Å². The second kappa shape index (κ2) is 9.28. The van der Waals surface area contributed by atoms with Crippen LogP contribution in [0.25, 0.3) is 0 Å². The Bertz CT molecular complexity index is 521. The van der Waals surface area contributed by atoms with E-state index in [1.54, 1.807) is 18.5 Å². The van der Waals surface area contributed by atoms with E-state index in [2.05, 4.69) is 15.3 Å². The molecule has 1 aromatic carbocycles. The molecule has 6 heteroatoms. The van der Waals surface area contributed by atoms with Crippen molar-refractivity contribution in [1.29, 1.82) is 0 Å². The Balaban J connectivity index is 0.00000220. The van der Waals surface area contributed by atoms with E-state index in [1.807, 2.05) is 31.2 Å². The maximum atomic E-state index is 9.15. The number of aliphatic hydroxyl groups is 1. The number of benzene rings is 1. The lowest BCUT2D eigenvalue weighted by molar-refractivity contribution is 0.238. The molecule has 0 saturated carbocycles. The lowest BCUT2D eigenvalue weighted by Crippen LogP contribution is -2.31. The monoisotopic (exact) mass is 309 g/mol. The van der Waals surface area contributed by atoms with Crippen molar-refractivity contribution < 1.29 is 9.84 Å². The van der Waals surface area contributed by atoms with Gasteiger partial charge in [0.2, 0.25) is 0 Å². The van der Waals surface area contributed by atoms with Crippen LogP contribution in [0.15, 0.2) is 42.7 Å². The molecule has 0 amide bonds. The summed E-state index contributed by atoms with van der Waals surface area (Å²) in [6.45, 7) is 2.87. The average Bonchev–Trinajstić information content (AvgIpc) is 2.50. The Kier molecular flexibility index (Phi) is 7.68. The summed E-state index contributed by atoms with van der Waals surface area (Å²) >= 11 is 0. The standard InChI is InChI=1S/C15H19N3O2.ClH/c1-2-13(11-19)18-10-12-5-3-6-14(9-12)20-15-16-7-4-8-17-15;/h3-9,13,18-19H,2,10-11H2,1H3;1H. The highest BCUT2D eigenvalue weighted by Gasteiger charge is 2.05. The van der Waals surface area contributed by atoms with Crippen molar-refractivity contribution in [3.8, 4) is 11.8 Å². The van der Waals surface area contributed by atoms with Gasteiger partial charge in [0, 0.05) is 25.0 Å². The number of nitrogens with one attached hydrogen (secondary N) is 1. The number of nitrogens with zero attached hydrogens (tertiary/aromatic N) is 2. The summed E-state index contributed by atoms with van der Waals surface area (Å²) in [5.41, 5.74) is 1.09. The SMILES string of the molecule is CCC(CO)NCc1cccc(Oc2ncccn2)c1.Cl. The van der Waals surface area contributed by atoms with Crippen LogP contribution >= 0.6 is 12.4 Å². The smallest absolute Gasteiger partial charge is 0.321 e. The fraction of sp³-hybridized carbons (Fsp3) is 0.333. The van der Waals surface area contributed by atoms with Crippen molar-refractivity contribution in [1.82, 2.24) is 15.3 Å². The average molecular weight is 310 g/mol. The van der Waals surface area contributed by atoms with Gasteiger partial charge < -0.3 is 15.2 Å². The Labute approximate surface area is 130 Å². The van der Waals surface area contributed by atoms with Crippen molar-refractivity contribution in [3.63, 3.8) is 0 Å². The number of halogens is 1. The highest BCUT2D eigenvalue weighted by molar-refractivity contribution is 5.85. The topological polar surface area (TPSA) is 67.3 Å². The highest BCUT2D eigenvalue weighted by Crippen LogP contribution is 2.18. The molecule has 114 valence electrons. The minimum absolute atomic E-state index is 0. The highest BCUT2D eigenvalue weighted by atomic mass is 35.5. The third-order valence-corrected chi connectivity index (χ3v) is 2.96. The summed E-state index contributed by atoms with van der Waals surface area (Å²) < 4.78 is 5.58. The van der Waals surface area contributed by atoms with Crippen LogP contribution in [-0.2, 0) is 6.54 Å². The normalized spacial score (nSPS) is 11.5. The molecule has 0 radical (unpaired) electrons. The van der Waals surface area contributed by atoms with Crippen LogP contribution in [-0.4, -0.2) is 27.7 Å². The van der Waals surface area contributed by atoms with Gasteiger partial charge in [-0.2, -0.15) is 0 Å². The summed E-state index contributed by atoms with van der Waals surface area (Å²) in [7, 11) is 0. The molecule has 0 aliphatic carbocycles. The molecule has 0 aliphatic rings. The quantitative estimate of drug-likeness (QED) is 0.823. The van der Waals surface area contributed by atoms with Gasteiger partial charge in [-0.15, -0.1) is 12.4 Å². The van der Waals surface area contributed by atoms with Gasteiger partial charge in [-0.25, -0.2) is 9.97 Å². The zero-order valence-electron chi connectivity index (χ0n) is 11.9. The Hall–Kier alpha value is -1.69. The van der Waals surface area contributed by atoms with Crippen LogP contribution in [0, 0.1) is 0 Å². The van der Waals surface area contributed by atoms with E-state index in [1.165, 1.54) is 0 Å². The summed E-state index contributed by atoms with van der Waals surface area (Å²) in [5.74, 6) is 0.701. The second-order valence-electron chi connectivity index (χ2n) is 4.45. The molecule has 1 atom stereocenters. The number of ether oxygens (including phenoxy) is 1. The van der Waals surface area contributed by atoms with Gasteiger partial charge in [-0.05, 0) is 30.2 Å². The van der Waals surface area contributed by atoms with Crippen molar-refractivity contribution in [2.75, 3.05) is 6.61 Å². The molecule has 2 N–H and O–H groups in total. The molecule has 0 spiro atoms. The van der Waals surface area contributed by atoms with Gasteiger partial charge in [-0.3, -0.25) is 0 Å². The molecule has 21 heavy (non-hydrogen) atoms. The van der Waals surface area contributed by atoms with Crippen LogP contribution in [0.2, 0.25) is 0 Å². The minimum Gasteiger partial charge on any atom is -0.424 e. The van der Waals surface area contributed by atoms with E-state index in [4.69, 9.17) is 9.84 Å². The van der Waals surface area contributed by atoms with E-state index in [-0.39, 0.29) is 25.1 Å². The number of hydrogen-bond acceptors (Lipinski definition) is 5. The van der Waals surface area contributed by atoms with Crippen molar-refractivity contribution >= 4 is 12.4 Å². The van der Waals surface area contributed by atoms with E-state index >= 15 is 0 Å². The maximum Gasteiger partial charge on any atom is 0.321 e. The van der Waals surface area contributed by atoms with E-state index in [0.29, 0.717) is 18.3 Å². The maximum absolute atomic E-state index is 9.15. The molecule has 5 nitrogen and oxygen atoms in total. The second-order valence-corrected chi connectivity index (χ2v) is 4.45. The van der Waals surface area contributed by atoms with Gasteiger partial charge >= 0.3 is 6.01 Å². The molecule has 1 heterocycles. The van der Waals surface area contributed by atoms with Gasteiger partial charge in [0.1, 0.15) is 5.75 Å². The predicted molar refractivity (Wildman–Crippen MR) is 83.8 cm³/mol. The van der Waals surface area contributed by atoms with Gasteiger partial charge in [-0.1, -0.05) is 19.1 Å². The third kappa shape index (κ3) is 5.67. The number of aliphatic hydroxyl groups excluding tert-OH is 1. The van der Waals surface area contributed by atoms with Crippen LogP contribution in [0.5, 0.6) is 11.8 Å². The first-order chi connectivity index (χ1) is 9.81. The molecule has 0 bridgehead atoms. The molecular formula is C15H20ClN3O2. The van der Waals surface area contributed by atoms with E-state index < -0.39 is 0 Å². The predicted octanol–water partition coefficient (Wildman–Crippen LogP) is 2.55. The number of rotatable bonds is 7. The summed E-state index contributed by atoms with van der Waals surface area (Å²) in [6, 6.07) is 9.94. The lowest BCUT2D eigenvalue weighted by Gasteiger charge is -2.14. The summed E-state index contributed by atoms with van der Waals surface area (Å²) in [5, 5.41) is 12.4. The third-order valence-electron chi connectivity index (χ3n) is 2.96. The first kappa shape index (κ1) is 17.4. The van der Waals surface area contributed by atoms with E-state index in [9.17, 15) is 0 Å². The zero-order chi connectivity index (χ0) is 14.2.